The van der Waals surface area contributed by atoms with Crippen molar-refractivity contribution >= 4 is 5.78 Å². The number of carbonyl (C=O) groups is 1. The fraction of sp³-hybridized carbons (Fsp3) is 0.850. The van der Waals surface area contributed by atoms with E-state index >= 15 is 0 Å². The maximum absolute atomic E-state index is 12.7. The van der Waals surface area contributed by atoms with Gasteiger partial charge in [-0.25, -0.2) is 0 Å². The lowest BCUT2D eigenvalue weighted by Crippen LogP contribution is -2.54. The van der Waals surface area contributed by atoms with Crippen LogP contribution in [0, 0.1) is 34.5 Å². The topological polar surface area (TPSA) is 57.5 Å². The van der Waals surface area contributed by atoms with E-state index in [-0.39, 0.29) is 17.3 Å². The monoisotopic (exact) mass is 318 g/mol. The number of hydrogen-bond donors (Lipinski definition) is 2. The number of aliphatic hydroxyl groups excluding tert-OH is 2. The molecule has 0 heterocycles. The van der Waals surface area contributed by atoms with Crippen molar-refractivity contribution in [2.75, 3.05) is 0 Å². The Morgan fingerprint density at radius 3 is 2.61 bits per heavy atom. The molecule has 0 aromatic rings. The van der Waals surface area contributed by atoms with Crippen molar-refractivity contribution in [3.63, 3.8) is 0 Å². The predicted octanol–water partition coefficient (Wildman–Crippen LogP) is 4.01. The first-order valence-corrected chi connectivity index (χ1v) is 9.46. The summed E-state index contributed by atoms with van der Waals surface area (Å²) in [5.41, 5.74) is 0.759. The number of ketones is 1. The molecule has 4 fully saturated rings. The molecule has 4 saturated carbocycles. The van der Waals surface area contributed by atoms with Gasteiger partial charge in [-0.3, -0.25) is 4.79 Å². The molecule has 4 aliphatic carbocycles. The van der Waals surface area contributed by atoms with Crippen LogP contribution in [0.1, 0.15) is 65.2 Å². The number of rotatable bonds is 0. The molecule has 0 spiro atoms. The maximum atomic E-state index is 12.7. The fourth-order valence-corrected chi connectivity index (χ4v) is 7.02. The van der Waals surface area contributed by atoms with Crippen molar-refractivity contribution in [1.29, 1.82) is 0 Å². The van der Waals surface area contributed by atoms with Crippen LogP contribution in [0.5, 0.6) is 0 Å². The van der Waals surface area contributed by atoms with E-state index in [4.69, 9.17) is 0 Å². The molecule has 2 N–H and O–H groups in total. The van der Waals surface area contributed by atoms with Crippen LogP contribution in [0.15, 0.2) is 11.8 Å². The quantitative estimate of drug-likeness (QED) is 0.524. The second kappa shape index (κ2) is 5.08. The van der Waals surface area contributed by atoms with E-state index in [2.05, 4.69) is 13.8 Å². The molecule has 4 aliphatic rings. The molecular formula is C20H30O3. The van der Waals surface area contributed by atoms with Crippen LogP contribution in [-0.4, -0.2) is 22.1 Å². The van der Waals surface area contributed by atoms with Gasteiger partial charge in [0.2, 0.25) is 0 Å². The number of allylic oxidation sites excluding steroid dienone is 1. The lowest BCUT2D eigenvalue weighted by Gasteiger charge is -2.59. The first-order chi connectivity index (χ1) is 10.9. The Morgan fingerprint density at radius 1 is 1.09 bits per heavy atom. The lowest BCUT2D eigenvalue weighted by atomic mass is 9.45. The molecule has 0 aromatic heterocycles. The van der Waals surface area contributed by atoms with E-state index in [0.717, 1.165) is 44.8 Å². The van der Waals surface area contributed by atoms with Crippen molar-refractivity contribution in [3.8, 4) is 0 Å². The fourth-order valence-electron chi connectivity index (χ4n) is 7.02. The van der Waals surface area contributed by atoms with Crippen LogP contribution in [0.3, 0.4) is 0 Å². The SMILES string of the molecule is CC12CCC3C(CCC4CC(O)CCC43C)C1CC(=CO)C2=O. The number of fused-ring (bicyclic) bond motifs is 5. The van der Waals surface area contributed by atoms with Crippen LogP contribution < -0.4 is 0 Å². The summed E-state index contributed by atoms with van der Waals surface area (Å²) >= 11 is 0. The van der Waals surface area contributed by atoms with E-state index in [9.17, 15) is 15.0 Å². The zero-order valence-electron chi connectivity index (χ0n) is 14.4. The van der Waals surface area contributed by atoms with Gasteiger partial charge in [-0.05, 0) is 80.5 Å². The first kappa shape index (κ1) is 15.7. The Hall–Kier alpha value is -0.830. The highest BCUT2D eigenvalue weighted by Gasteiger charge is 2.61. The Kier molecular flexibility index (Phi) is 3.46. The molecule has 23 heavy (non-hydrogen) atoms. The van der Waals surface area contributed by atoms with Crippen LogP contribution in [0.4, 0.5) is 0 Å². The van der Waals surface area contributed by atoms with E-state index in [1.165, 1.54) is 12.8 Å². The summed E-state index contributed by atoms with van der Waals surface area (Å²) in [4.78, 5) is 12.7. The molecule has 3 heteroatoms. The van der Waals surface area contributed by atoms with Crippen LogP contribution in [0.25, 0.3) is 0 Å². The highest BCUT2D eigenvalue weighted by molar-refractivity contribution is 6.02. The predicted molar refractivity (Wildman–Crippen MR) is 88.8 cm³/mol. The third kappa shape index (κ3) is 2.01. The largest absolute Gasteiger partial charge is 0.515 e. The Balaban J connectivity index is 1.66. The van der Waals surface area contributed by atoms with Crippen molar-refractivity contribution in [1.82, 2.24) is 0 Å². The van der Waals surface area contributed by atoms with Crippen molar-refractivity contribution in [2.24, 2.45) is 34.5 Å². The second-order valence-electron chi connectivity index (χ2n) is 9.23. The molecule has 0 radical (unpaired) electrons. The van der Waals surface area contributed by atoms with Crippen LogP contribution >= 0.6 is 0 Å². The molecule has 0 saturated heterocycles. The highest BCUT2D eigenvalue weighted by Crippen LogP contribution is 2.65. The zero-order valence-corrected chi connectivity index (χ0v) is 14.4. The van der Waals surface area contributed by atoms with E-state index in [0.29, 0.717) is 34.7 Å². The minimum absolute atomic E-state index is 0.101. The second-order valence-corrected chi connectivity index (χ2v) is 9.23. The summed E-state index contributed by atoms with van der Waals surface area (Å²) in [5.74, 6) is 2.58. The molecule has 7 unspecified atom stereocenters. The summed E-state index contributed by atoms with van der Waals surface area (Å²) in [6, 6.07) is 0. The molecule has 3 nitrogen and oxygen atoms in total. The summed E-state index contributed by atoms with van der Waals surface area (Å²) in [7, 11) is 0. The summed E-state index contributed by atoms with van der Waals surface area (Å²) in [5, 5.41) is 19.5. The van der Waals surface area contributed by atoms with Crippen molar-refractivity contribution in [3.05, 3.63) is 11.8 Å². The van der Waals surface area contributed by atoms with E-state index in [1.54, 1.807) is 0 Å². The van der Waals surface area contributed by atoms with Gasteiger partial charge in [0.05, 0.1) is 12.4 Å². The van der Waals surface area contributed by atoms with E-state index in [1.807, 2.05) is 0 Å². The molecular weight excluding hydrogens is 288 g/mol. The minimum atomic E-state index is -0.243. The molecule has 0 aliphatic heterocycles. The van der Waals surface area contributed by atoms with Crippen molar-refractivity contribution < 1.29 is 15.0 Å². The molecule has 0 bridgehead atoms. The number of carbonyl (C=O) groups excluding carboxylic acids is 1. The van der Waals surface area contributed by atoms with Crippen molar-refractivity contribution in [2.45, 2.75) is 71.3 Å². The van der Waals surface area contributed by atoms with Gasteiger partial charge in [-0.1, -0.05) is 13.8 Å². The summed E-state index contributed by atoms with van der Waals surface area (Å²) in [6.45, 7) is 4.61. The summed E-state index contributed by atoms with van der Waals surface area (Å²) < 4.78 is 0. The first-order valence-electron chi connectivity index (χ1n) is 9.46. The van der Waals surface area contributed by atoms with Gasteiger partial charge in [0.1, 0.15) is 0 Å². The molecule has 0 aromatic carbocycles. The van der Waals surface area contributed by atoms with Gasteiger partial charge < -0.3 is 10.2 Å². The standard InChI is InChI=1S/C20H30O3/c1-19-7-5-14(22)10-13(19)3-4-15-16(19)6-8-20(2)17(15)9-12(11-21)18(20)23/h11,13-17,21-22H,3-10H2,1-2H3. The lowest BCUT2D eigenvalue weighted by molar-refractivity contribution is -0.141. The van der Waals surface area contributed by atoms with Crippen LogP contribution in [0.2, 0.25) is 0 Å². The summed E-state index contributed by atoms with van der Waals surface area (Å²) in [6.07, 6.45) is 9.32. The van der Waals surface area contributed by atoms with Gasteiger partial charge >= 0.3 is 0 Å². The number of hydrogen-bond acceptors (Lipinski definition) is 3. The third-order valence-corrected chi connectivity index (χ3v) is 8.43. The normalized spacial score (nSPS) is 54.5. The maximum Gasteiger partial charge on any atom is 0.168 e. The molecule has 4 rings (SSSR count). The smallest absolute Gasteiger partial charge is 0.168 e. The third-order valence-electron chi connectivity index (χ3n) is 8.43. The Labute approximate surface area is 139 Å². The minimum Gasteiger partial charge on any atom is -0.515 e. The van der Waals surface area contributed by atoms with Gasteiger partial charge in [0.15, 0.2) is 5.78 Å². The van der Waals surface area contributed by atoms with E-state index < -0.39 is 0 Å². The number of Topliss-reactive ketones (excluding diaryl/α,β-unsaturated/α-hetero) is 1. The highest BCUT2D eigenvalue weighted by atomic mass is 16.3. The van der Waals surface area contributed by atoms with Crippen LogP contribution in [-0.2, 0) is 4.79 Å². The molecule has 128 valence electrons. The zero-order chi connectivity index (χ0) is 16.4. The Morgan fingerprint density at radius 2 is 1.87 bits per heavy atom. The van der Waals surface area contributed by atoms with Gasteiger partial charge in [-0.15, -0.1) is 0 Å². The average Bonchev–Trinajstić information content (AvgIpc) is 2.79. The molecule has 7 atom stereocenters. The van der Waals surface area contributed by atoms with Gasteiger partial charge in [0.25, 0.3) is 0 Å². The van der Waals surface area contributed by atoms with Gasteiger partial charge in [-0.2, -0.15) is 0 Å². The average molecular weight is 318 g/mol. The van der Waals surface area contributed by atoms with Gasteiger partial charge in [0, 0.05) is 11.0 Å². The number of aliphatic hydroxyl groups is 2. The Bertz CT molecular complexity index is 553. The molecule has 0 amide bonds.